The van der Waals surface area contributed by atoms with Gasteiger partial charge in [-0.1, -0.05) is 54.6 Å². The zero-order valence-electron chi connectivity index (χ0n) is 27.8. The summed E-state index contributed by atoms with van der Waals surface area (Å²) in [4.78, 5) is 31.1. The molecule has 1 aromatic heterocycles. The fourth-order valence-corrected chi connectivity index (χ4v) is 6.59. The van der Waals surface area contributed by atoms with Crippen molar-refractivity contribution in [2.45, 2.75) is 51.4 Å². The van der Waals surface area contributed by atoms with Gasteiger partial charge in [-0.3, -0.25) is 9.59 Å². The molecule has 6 rings (SSSR count). The quantitative estimate of drug-likeness (QED) is 0.132. The summed E-state index contributed by atoms with van der Waals surface area (Å²) >= 11 is 0. The van der Waals surface area contributed by atoms with Gasteiger partial charge in [0.05, 0.1) is 11.1 Å². The summed E-state index contributed by atoms with van der Waals surface area (Å²) in [6.45, 7) is 3.23. The van der Waals surface area contributed by atoms with Crippen molar-refractivity contribution >= 4 is 16.8 Å². The van der Waals surface area contributed by atoms with Gasteiger partial charge in [-0.25, -0.2) is 8.78 Å². The van der Waals surface area contributed by atoms with E-state index in [4.69, 9.17) is 0 Å². The normalized spacial score (nSPS) is 13.6. The fourth-order valence-electron chi connectivity index (χ4n) is 6.59. The molecule has 0 radical (unpaired) electrons. The molecule has 1 amide bonds. The van der Waals surface area contributed by atoms with Crippen LogP contribution in [0, 0.1) is 11.6 Å². The Labute approximate surface area is 287 Å². The van der Waals surface area contributed by atoms with E-state index in [0.29, 0.717) is 22.2 Å². The number of nitrogens with zero attached hydrogens (tertiary/aromatic N) is 3. The van der Waals surface area contributed by atoms with Crippen molar-refractivity contribution in [2.75, 3.05) is 26.7 Å². The number of alkyl halides is 3. The van der Waals surface area contributed by atoms with E-state index in [1.807, 2.05) is 28.8 Å². The van der Waals surface area contributed by atoms with E-state index < -0.39 is 23.4 Å². The van der Waals surface area contributed by atoms with E-state index in [1.165, 1.54) is 43.2 Å². The van der Waals surface area contributed by atoms with Gasteiger partial charge in [-0.15, -0.1) is 0 Å². The summed E-state index contributed by atoms with van der Waals surface area (Å²) < 4.78 is 69.3. The van der Waals surface area contributed by atoms with Crippen molar-refractivity contribution in [3.05, 3.63) is 141 Å². The molecule has 10 heteroatoms. The van der Waals surface area contributed by atoms with Crippen molar-refractivity contribution in [3.63, 3.8) is 0 Å². The molecule has 0 N–H and O–H groups in total. The number of rotatable bonds is 11. The van der Waals surface area contributed by atoms with Crippen LogP contribution in [0.25, 0.3) is 22.0 Å². The second-order valence-electron chi connectivity index (χ2n) is 13.0. The van der Waals surface area contributed by atoms with Crippen LogP contribution in [0.1, 0.15) is 40.8 Å². The molecule has 5 nitrogen and oxygen atoms in total. The molecule has 2 heterocycles. The van der Waals surface area contributed by atoms with Crippen LogP contribution < -0.4 is 5.43 Å². The van der Waals surface area contributed by atoms with Crippen molar-refractivity contribution in [3.8, 4) is 11.1 Å². The van der Waals surface area contributed by atoms with Gasteiger partial charge >= 0.3 is 6.18 Å². The monoisotopic (exact) mass is 687 g/mol. The van der Waals surface area contributed by atoms with Gasteiger partial charge in [0.1, 0.15) is 6.54 Å². The maximum Gasteiger partial charge on any atom is 0.416 e. The molecule has 0 spiro atoms. The first kappa shape index (κ1) is 35.0. The lowest BCUT2D eigenvalue weighted by Crippen LogP contribution is -2.31. The molecular weight excluding hydrogens is 649 g/mol. The summed E-state index contributed by atoms with van der Waals surface area (Å²) in [6.07, 6.45) is -0.892. The van der Waals surface area contributed by atoms with Gasteiger partial charge in [0, 0.05) is 37.3 Å². The first-order valence-corrected chi connectivity index (χ1v) is 16.8. The number of aryl methyl sites for hydroxylation is 2. The summed E-state index contributed by atoms with van der Waals surface area (Å²) in [7, 11) is 1.68. The Hall–Kier alpha value is -4.83. The van der Waals surface area contributed by atoms with Crippen LogP contribution in [0.15, 0.2) is 95.8 Å². The second-order valence-corrected chi connectivity index (χ2v) is 13.0. The summed E-state index contributed by atoms with van der Waals surface area (Å²) in [5.74, 6) is -2.08. The Balaban J connectivity index is 1.24. The van der Waals surface area contributed by atoms with Crippen molar-refractivity contribution in [1.29, 1.82) is 0 Å². The third-order valence-corrected chi connectivity index (χ3v) is 9.50. The zero-order chi connectivity index (χ0) is 35.4. The average Bonchev–Trinajstić information content (AvgIpc) is 3.63. The number of halogens is 5. The molecule has 0 atom stereocenters. The smallest absolute Gasteiger partial charge is 0.340 e. The Bertz CT molecular complexity index is 2030. The van der Waals surface area contributed by atoms with Crippen LogP contribution in [0.4, 0.5) is 22.0 Å². The summed E-state index contributed by atoms with van der Waals surface area (Å²) in [5, 5.41) is 0.477. The van der Waals surface area contributed by atoms with Crippen molar-refractivity contribution < 1.29 is 26.7 Å². The number of pyridine rings is 1. The third kappa shape index (κ3) is 8.13. The number of aromatic nitrogens is 1. The van der Waals surface area contributed by atoms with Gasteiger partial charge in [-0.05, 0) is 103 Å². The van der Waals surface area contributed by atoms with Crippen LogP contribution >= 0.6 is 0 Å². The van der Waals surface area contributed by atoms with Gasteiger partial charge in [0.25, 0.3) is 0 Å². The van der Waals surface area contributed by atoms with Crippen molar-refractivity contribution in [1.82, 2.24) is 14.4 Å². The standard InChI is InChI=1S/C40H38F5N3O2/c1-46(25-28-7-10-29(11-8-28)30-12-15-32(16-13-30)40(43,44)45)38(50)26-48-33(17-14-31-5-4-6-35(41)39(31)42)24-37(49)34-18-9-27(23-36(34)48)19-22-47-20-2-3-21-47/h4-13,15-16,18,23-24H,2-3,14,17,19-22,25-26H2,1H3. The van der Waals surface area contributed by atoms with E-state index in [9.17, 15) is 31.5 Å². The second kappa shape index (κ2) is 15.0. The molecule has 0 unspecified atom stereocenters. The lowest BCUT2D eigenvalue weighted by Gasteiger charge is -2.22. The van der Waals surface area contributed by atoms with Crippen LogP contribution in [0.3, 0.4) is 0 Å². The minimum absolute atomic E-state index is 0.0759. The minimum atomic E-state index is -4.41. The Morgan fingerprint density at radius 3 is 2.14 bits per heavy atom. The molecule has 260 valence electrons. The molecule has 1 fully saturated rings. The molecule has 0 bridgehead atoms. The highest BCUT2D eigenvalue weighted by atomic mass is 19.4. The third-order valence-electron chi connectivity index (χ3n) is 9.50. The molecule has 5 aromatic rings. The Morgan fingerprint density at radius 1 is 0.800 bits per heavy atom. The molecular formula is C40H38F5N3O2. The predicted octanol–water partition coefficient (Wildman–Crippen LogP) is 8.05. The van der Waals surface area contributed by atoms with Crippen LogP contribution in [0.2, 0.25) is 0 Å². The summed E-state index contributed by atoms with van der Waals surface area (Å²) in [6, 6.07) is 23.5. The van der Waals surface area contributed by atoms with Crippen LogP contribution in [0.5, 0.6) is 0 Å². The molecule has 0 saturated carbocycles. The molecule has 1 aliphatic rings. The van der Waals surface area contributed by atoms with E-state index in [0.717, 1.165) is 60.9 Å². The number of carbonyl (C=O) groups excluding carboxylic acids is 1. The Kier molecular flexibility index (Phi) is 10.5. The predicted molar refractivity (Wildman–Crippen MR) is 185 cm³/mol. The van der Waals surface area contributed by atoms with Crippen molar-refractivity contribution in [2.24, 2.45) is 0 Å². The molecule has 50 heavy (non-hydrogen) atoms. The Morgan fingerprint density at radius 2 is 1.46 bits per heavy atom. The molecule has 1 aliphatic heterocycles. The van der Waals surface area contributed by atoms with Gasteiger partial charge < -0.3 is 14.4 Å². The fraction of sp³-hybridized carbons (Fsp3) is 0.300. The number of benzene rings is 4. The maximum atomic E-state index is 14.6. The highest BCUT2D eigenvalue weighted by Gasteiger charge is 2.30. The van der Waals surface area contributed by atoms with E-state index in [2.05, 4.69) is 4.90 Å². The lowest BCUT2D eigenvalue weighted by atomic mass is 10.0. The number of hydrogen-bond donors (Lipinski definition) is 0. The van der Waals surface area contributed by atoms with Gasteiger partial charge in [0.2, 0.25) is 5.91 Å². The molecule has 0 aliphatic carbocycles. The largest absolute Gasteiger partial charge is 0.416 e. The number of hydrogen-bond acceptors (Lipinski definition) is 3. The number of likely N-dealkylation sites (tertiary alicyclic amines) is 1. The van der Waals surface area contributed by atoms with Gasteiger partial charge in [0.15, 0.2) is 17.1 Å². The number of fused-ring (bicyclic) bond motifs is 1. The number of likely N-dealkylation sites (N-methyl/N-ethyl adjacent to an activating group) is 1. The lowest BCUT2D eigenvalue weighted by molar-refractivity contribution is -0.137. The average molecular weight is 688 g/mol. The highest BCUT2D eigenvalue weighted by Crippen LogP contribution is 2.31. The maximum absolute atomic E-state index is 14.6. The first-order chi connectivity index (χ1) is 24.0. The topological polar surface area (TPSA) is 45.6 Å². The molecule has 4 aromatic carbocycles. The highest BCUT2D eigenvalue weighted by molar-refractivity contribution is 5.83. The van der Waals surface area contributed by atoms with Crippen LogP contribution in [-0.4, -0.2) is 47.0 Å². The van der Waals surface area contributed by atoms with E-state index in [1.54, 1.807) is 30.1 Å². The SMILES string of the molecule is CN(Cc1ccc(-c2ccc(C(F)(F)F)cc2)cc1)C(=O)Cn1c(CCc2cccc(F)c2F)cc(=O)c2ccc(CCN3CCCC3)cc21. The minimum Gasteiger partial charge on any atom is -0.340 e. The van der Waals surface area contributed by atoms with E-state index in [-0.39, 0.29) is 42.8 Å². The first-order valence-electron chi connectivity index (χ1n) is 16.8. The number of amides is 1. The molecule has 1 saturated heterocycles. The summed E-state index contributed by atoms with van der Waals surface area (Å²) in [5.41, 5.74) is 3.70. The number of carbonyl (C=O) groups is 1. The van der Waals surface area contributed by atoms with Crippen LogP contribution in [-0.2, 0) is 43.3 Å². The van der Waals surface area contributed by atoms with Gasteiger partial charge in [-0.2, -0.15) is 13.2 Å². The zero-order valence-corrected chi connectivity index (χ0v) is 27.8. The van der Waals surface area contributed by atoms with E-state index >= 15 is 0 Å².